The van der Waals surface area contributed by atoms with Crippen molar-refractivity contribution in [2.75, 3.05) is 11.9 Å². The van der Waals surface area contributed by atoms with Crippen molar-refractivity contribution in [1.29, 1.82) is 0 Å². The van der Waals surface area contributed by atoms with Gasteiger partial charge in [0.05, 0.1) is 6.61 Å². The summed E-state index contributed by atoms with van der Waals surface area (Å²) in [5, 5.41) is 14.2. The van der Waals surface area contributed by atoms with Crippen molar-refractivity contribution in [3.05, 3.63) is 64.5 Å². The molecule has 0 atom stereocenters. The van der Waals surface area contributed by atoms with Crippen LogP contribution < -0.4 is 5.32 Å². The number of allylic oxidation sites excluding steroid dienone is 1. The van der Waals surface area contributed by atoms with E-state index in [4.69, 9.17) is 20.8 Å². The molecule has 1 aromatic carbocycles. The third kappa shape index (κ3) is 3.72. The summed E-state index contributed by atoms with van der Waals surface area (Å²) in [4.78, 5) is 20.8. The summed E-state index contributed by atoms with van der Waals surface area (Å²) < 4.78 is 10.8. The molecular formula is C21H16ClN3O4. The van der Waals surface area contributed by atoms with Crippen molar-refractivity contribution in [3.63, 3.8) is 0 Å². The van der Waals surface area contributed by atoms with Crippen LogP contribution >= 0.6 is 11.6 Å². The highest BCUT2D eigenvalue weighted by Gasteiger charge is 2.27. The minimum absolute atomic E-state index is 0.0662. The van der Waals surface area contributed by atoms with Gasteiger partial charge in [0.25, 0.3) is 0 Å². The molecule has 7 nitrogen and oxygen atoms in total. The van der Waals surface area contributed by atoms with Gasteiger partial charge < -0.3 is 19.6 Å². The van der Waals surface area contributed by atoms with Gasteiger partial charge in [-0.25, -0.2) is 14.8 Å². The van der Waals surface area contributed by atoms with E-state index in [1.165, 1.54) is 0 Å². The highest BCUT2D eigenvalue weighted by Crippen LogP contribution is 2.39. The molecule has 0 bridgehead atoms. The van der Waals surface area contributed by atoms with Crippen LogP contribution in [0, 0.1) is 0 Å². The van der Waals surface area contributed by atoms with E-state index in [1.54, 1.807) is 55.7 Å². The highest BCUT2D eigenvalue weighted by molar-refractivity contribution is 6.30. The average Bonchev–Trinajstić information content (AvgIpc) is 3.25. The number of hydrogen-bond donors (Lipinski definition) is 2. The number of carbonyl (C=O) groups excluding carboxylic acids is 1. The molecular weight excluding hydrogens is 394 g/mol. The first kappa shape index (κ1) is 18.8. The minimum atomic E-state index is -0.697. The molecule has 0 saturated heterocycles. The molecule has 4 rings (SSSR count). The Hall–Kier alpha value is -3.58. The van der Waals surface area contributed by atoms with Crippen LogP contribution in [0.2, 0.25) is 5.02 Å². The Kier molecular flexibility index (Phi) is 5.05. The fourth-order valence-electron chi connectivity index (χ4n) is 2.86. The first-order valence-electron chi connectivity index (χ1n) is 8.83. The number of hydrogen-bond acceptors (Lipinski definition) is 7. The number of aromatic nitrogens is 1. The van der Waals surface area contributed by atoms with Crippen molar-refractivity contribution in [2.45, 2.75) is 6.92 Å². The van der Waals surface area contributed by atoms with Crippen LogP contribution in [0.1, 0.15) is 28.6 Å². The van der Waals surface area contributed by atoms with Crippen LogP contribution in [0.4, 0.5) is 17.4 Å². The topological polar surface area (TPSA) is 97.0 Å². The fourth-order valence-corrected chi connectivity index (χ4v) is 2.99. The zero-order valence-electron chi connectivity index (χ0n) is 15.3. The summed E-state index contributed by atoms with van der Waals surface area (Å²) in [6, 6.07) is 10.5. The summed E-state index contributed by atoms with van der Waals surface area (Å²) >= 11 is 5.91. The van der Waals surface area contributed by atoms with Crippen LogP contribution in [-0.4, -0.2) is 28.9 Å². The smallest absolute Gasteiger partial charge is 0.347 e. The highest BCUT2D eigenvalue weighted by atomic mass is 35.5. The van der Waals surface area contributed by atoms with E-state index in [9.17, 15) is 9.90 Å². The molecule has 1 aliphatic heterocycles. The van der Waals surface area contributed by atoms with E-state index in [-0.39, 0.29) is 29.6 Å². The van der Waals surface area contributed by atoms with Gasteiger partial charge in [0.2, 0.25) is 5.88 Å². The van der Waals surface area contributed by atoms with Gasteiger partial charge in [-0.1, -0.05) is 11.6 Å². The average molecular weight is 410 g/mol. The maximum atomic E-state index is 12.4. The van der Waals surface area contributed by atoms with Gasteiger partial charge in [-0.05, 0) is 49.4 Å². The monoisotopic (exact) mass is 409 g/mol. The predicted octanol–water partition coefficient (Wildman–Crippen LogP) is 5.21. The third-order valence-electron chi connectivity index (χ3n) is 4.20. The van der Waals surface area contributed by atoms with Crippen LogP contribution in [0.5, 0.6) is 5.75 Å². The molecule has 29 heavy (non-hydrogen) atoms. The number of halogens is 1. The van der Waals surface area contributed by atoms with Gasteiger partial charge in [0.1, 0.15) is 0 Å². The molecule has 146 valence electrons. The third-order valence-corrected chi connectivity index (χ3v) is 4.45. The second-order valence-electron chi connectivity index (χ2n) is 6.10. The standard InChI is InChI=1S/C21H16ClN3O4/c1-2-28-21(27)17-18(26)16(10-12-11-24-19-15(12)4-3-9-23-19)29-20(17)25-14-7-5-13(22)6-8-14/h3-11,25-26H,2H2,1H3. The Balaban J connectivity index is 1.76. The largest absolute Gasteiger partial charge is 0.504 e. The van der Waals surface area contributed by atoms with Gasteiger partial charge in [-0.2, -0.15) is 0 Å². The summed E-state index contributed by atoms with van der Waals surface area (Å²) in [5.41, 5.74) is 2.04. The second kappa shape index (κ2) is 7.81. The molecule has 0 amide bonds. The number of esters is 1. The van der Waals surface area contributed by atoms with E-state index in [2.05, 4.69) is 15.3 Å². The molecule has 2 N–H and O–H groups in total. The number of rotatable bonds is 5. The lowest BCUT2D eigenvalue weighted by molar-refractivity contribution is 0.0524. The predicted molar refractivity (Wildman–Crippen MR) is 111 cm³/mol. The van der Waals surface area contributed by atoms with Crippen LogP contribution in [0.15, 0.2) is 52.0 Å². The van der Waals surface area contributed by atoms with E-state index >= 15 is 0 Å². The van der Waals surface area contributed by atoms with Crippen molar-refractivity contribution in [3.8, 4) is 5.75 Å². The second-order valence-corrected chi connectivity index (χ2v) is 6.54. The van der Waals surface area contributed by atoms with Crippen LogP contribution in [0.25, 0.3) is 11.6 Å². The normalized spacial score (nSPS) is 13.5. The number of carbonyl (C=O) groups is 1. The summed E-state index contributed by atoms with van der Waals surface area (Å²) in [5.74, 6) is -0.274. The van der Waals surface area contributed by atoms with Crippen LogP contribution in [0.3, 0.4) is 0 Å². The number of anilines is 2. The Labute approximate surface area is 171 Å². The molecule has 0 unspecified atom stereocenters. The Bertz CT molecular complexity index is 1130. The quantitative estimate of drug-likeness (QED) is 0.561. The van der Waals surface area contributed by atoms with Crippen molar-refractivity contribution in [2.24, 2.45) is 4.99 Å². The Morgan fingerprint density at radius 1 is 1.31 bits per heavy atom. The molecule has 0 aliphatic carbocycles. The Morgan fingerprint density at radius 2 is 2.10 bits per heavy atom. The molecule has 2 aromatic heterocycles. The van der Waals surface area contributed by atoms with Crippen molar-refractivity contribution in [1.82, 2.24) is 4.98 Å². The minimum Gasteiger partial charge on any atom is -0.504 e. The molecule has 0 saturated carbocycles. The number of fused-ring (bicyclic) bond motifs is 1. The summed E-state index contributed by atoms with van der Waals surface area (Å²) in [6.45, 7) is 1.84. The molecule has 0 spiro atoms. The first-order valence-corrected chi connectivity index (χ1v) is 9.21. The Morgan fingerprint density at radius 3 is 2.86 bits per heavy atom. The van der Waals surface area contributed by atoms with E-state index < -0.39 is 5.97 Å². The number of nitrogens with one attached hydrogen (secondary N) is 1. The number of nitrogens with zero attached hydrogens (tertiary/aromatic N) is 2. The lowest BCUT2D eigenvalue weighted by Crippen LogP contribution is -2.06. The molecule has 0 fully saturated rings. The SMILES string of the molecule is CCOC(=O)c1c(Nc2ccc(Cl)cc2)oc(C=C2C=Nc3ncccc32)c1O. The number of benzene rings is 1. The number of ether oxygens (including phenoxy) is 1. The lowest BCUT2D eigenvalue weighted by Gasteiger charge is -2.06. The van der Waals surface area contributed by atoms with E-state index in [0.29, 0.717) is 22.1 Å². The molecule has 0 radical (unpaired) electrons. The van der Waals surface area contributed by atoms with Gasteiger partial charge in [-0.15, -0.1) is 0 Å². The zero-order chi connectivity index (χ0) is 20.4. The molecule has 3 heterocycles. The maximum Gasteiger partial charge on any atom is 0.347 e. The van der Waals surface area contributed by atoms with E-state index in [0.717, 1.165) is 5.56 Å². The van der Waals surface area contributed by atoms with Gasteiger partial charge >= 0.3 is 5.97 Å². The summed E-state index contributed by atoms with van der Waals surface area (Å²) in [6.07, 6.45) is 4.87. The number of furan rings is 1. The molecule has 8 heteroatoms. The van der Waals surface area contributed by atoms with Crippen LogP contribution in [-0.2, 0) is 4.74 Å². The lowest BCUT2D eigenvalue weighted by atomic mass is 10.1. The number of aliphatic imine (C=N–C) groups is 1. The van der Waals surface area contributed by atoms with Gasteiger partial charge in [0, 0.05) is 34.3 Å². The molecule has 1 aliphatic rings. The summed E-state index contributed by atoms with van der Waals surface area (Å²) in [7, 11) is 0. The zero-order valence-corrected chi connectivity index (χ0v) is 16.1. The van der Waals surface area contributed by atoms with Crippen molar-refractivity contribution >= 4 is 52.8 Å². The number of pyridine rings is 1. The number of aromatic hydroxyl groups is 1. The van der Waals surface area contributed by atoms with Crippen molar-refractivity contribution < 1.29 is 19.1 Å². The molecule has 3 aromatic rings. The fraction of sp³-hybridized carbons (Fsp3) is 0.0952. The maximum absolute atomic E-state index is 12.4. The van der Waals surface area contributed by atoms with Gasteiger partial charge in [-0.3, -0.25) is 0 Å². The van der Waals surface area contributed by atoms with E-state index in [1.807, 2.05) is 6.07 Å². The first-order chi connectivity index (χ1) is 14.1. The van der Waals surface area contributed by atoms with Gasteiger partial charge in [0.15, 0.2) is 22.9 Å².